The predicted octanol–water partition coefficient (Wildman–Crippen LogP) is 2.76. The van der Waals surface area contributed by atoms with Gasteiger partial charge < -0.3 is 11.1 Å². The second kappa shape index (κ2) is 5.88. The number of rotatable bonds is 5. The first kappa shape index (κ1) is 15.9. The minimum Gasteiger partial charge on any atom is -0.383 e. The van der Waals surface area contributed by atoms with Gasteiger partial charge in [0.15, 0.2) is 0 Å². The van der Waals surface area contributed by atoms with Crippen LogP contribution in [-0.4, -0.2) is 20.9 Å². The number of carbonyl (C=O) groups excluding carboxylic acids is 1. The molecule has 1 amide bonds. The van der Waals surface area contributed by atoms with E-state index < -0.39 is 5.54 Å². The number of carbonyl (C=O) groups is 1. The molecule has 0 spiro atoms. The highest BCUT2D eigenvalue weighted by Gasteiger charge is 2.32. The van der Waals surface area contributed by atoms with Gasteiger partial charge in [0.1, 0.15) is 16.6 Å². The number of anilines is 1. The average Bonchev–Trinajstić information content (AvgIpc) is 3.28. The van der Waals surface area contributed by atoms with E-state index in [1.54, 1.807) is 11.3 Å². The maximum atomic E-state index is 12.6. The number of nitrogen functional groups attached to an aromatic ring is 1. The molecule has 23 heavy (non-hydrogen) atoms. The molecular formula is C16H21N5OS. The summed E-state index contributed by atoms with van der Waals surface area (Å²) in [7, 11) is 0. The lowest BCUT2D eigenvalue weighted by atomic mass is 9.99. The second-order valence-corrected chi connectivity index (χ2v) is 7.09. The predicted molar refractivity (Wildman–Crippen MR) is 90.4 cm³/mol. The summed E-state index contributed by atoms with van der Waals surface area (Å²) in [6.07, 6.45) is 4.46. The lowest BCUT2D eigenvalue weighted by molar-refractivity contribution is 0.0902. The fourth-order valence-electron chi connectivity index (χ4n) is 2.34. The molecule has 3 rings (SSSR count). The van der Waals surface area contributed by atoms with Crippen LogP contribution >= 0.6 is 11.3 Å². The number of hydrogen-bond acceptors (Lipinski definition) is 6. The van der Waals surface area contributed by atoms with Crippen molar-refractivity contribution in [3.05, 3.63) is 33.7 Å². The SMILES string of the molecule is CCC(C)(NC(=O)c1cnc(C2CC2)nc1N)c1nc(C)cs1. The van der Waals surface area contributed by atoms with Crippen molar-refractivity contribution in [2.75, 3.05) is 5.73 Å². The highest BCUT2D eigenvalue weighted by Crippen LogP contribution is 2.38. The standard InChI is InChI=1S/C16H21N5OS/c1-4-16(3,15-19-9(2)8-23-15)21-14(22)11-7-18-13(10-5-6-10)20-12(11)17/h7-8,10H,4-6H2,1-3H3,(H,21,22)(H2,17,18,20). The Hall–Kier alpha value is -2.02. The summed E-state index contributed by atoms with van der Waals surface area (Å²) in [4.78, 5) is 25.7. The Morgan fingerprint density at radius 3 is 2.74 bits per heavy atom. The molecule has 0 bridgehead atoms. The number of thiazole rings is 1. The van der Waals surface area contributed by atoms with Crippen LogP contribution in [0.5, 0.6) is 0 Å². The average molecular weight is 331 g/mol. The summed E-state index contributed by atoms with van der Waals surface area (Å²) in [5.74, 6) is 1.14. The molecule has 0 aliphatic heterocycles. The molecule has 6 nitrogen and oxygen atoms in total. The number of nitrogens with zero attached hydrogens (tertiary/aromatic N) is 3. The molecular weight excluding hydrogens is 310 g/mol. The summed E-state index contributed by atoms with van der Waals surface area (Å²) in [6, 6.07) is 0. The third kappa shape index (κ3) is 3.19. The number of nitrogens with two attached hydrogens (primary N) is 1. The Balaban J connectivity index is 1.82. The Labute approximate surface area is 139 Å². The van der Waals surface area contributed by atoms with E-state index >= 15 is 0 Å². The van der Waals surface area contributed by atoms with Crippen molar-refractivity contribution in [1.82, 2.24) is 20.3 Å². The number of hydrogen-bond donors (Lipinski definition) is 2. The Morgan fingerprint density at radius 2 is 2.22 bits per heavy atom. The van der Waals surface area contributed by atoms with E-state index in [-0.39, 0.29) is 11.7 Å². The van der Waals surface area contributed by atoms with Crippen molar-refractivity contribution in [3.8, 4) is 0 Å². The minimum atomic E-state index is -0.530. The van der Waals surface area contributed by atoms with E-state index in [4.69, 9.17) is 5.73 Å². The van der Waals surface area contributed by atoms with Crippen molar-refractivity contribution >= 4 is 23.1 Å². The summed E-state index contributed by atoms with van der Waals surface area (Å²) in [5.41, 5.74) is 6.71. The van der Waals surface area contributed by atoms with Gasteiger partial charge in [-0.05, 0) is 33.1 Å². The largest absolute Gasteiger partial charge is 0.383 e. The second-order valence-electron chi connectivity index (χ2n) is 6.24. The quantitative estimate of drug-likeness (QED) is 0.878. The van der Waals surface area contributed by atoms with Gasteiger partial charge in [0.05, 0.1) is 11.1 Å². The van der Waals surface area contributed by atoms with E-state index in [9.17, 15) is 4.79 Å². The highest BCUT2D eigenvalue weighted by atomic mass is 32.1. The molecule has 0 radical (unpaired) electrons. The van der Waals surface area contributed by atoms with Crippen molar-refractivity contribution < 1.29 is 4.79 Å². The normalized spacial score (nSPS) is 16.8. The number of aryl methyl sites for hydroxylation is 1. The smallest absolute Gasteiger partial charge is 0.257 e. The number of nitrogens with one attached hydrogen (secondary N) is 1. The van der Waals surface area contributed by atoms with E-state index in [1.165, 1.54) is 6.20 Å². The molecule has 2 heterocycles. The molecule has 1 atom stereocenters. The van der Waals surface area contributed by atoms with E-state index in [0.717, 1.165) is 35.8 Å². The van der Waals surface area contributed by atoms with Gasteiger partial charge in [0, 0.05) is 23.2 Å². The first-order chi connectivity index (χ1) is 10.9. The third-order valence-electron chi connectivity index (χ3n) is 4.21. The van der Waals surface area contributed by atoms with Crippen molar-refractivity contribution in [1.29, 1.82) is 0 Å². The first-order valence-corrected chi connectivity index (χ1v) is 8.68. The van der Waals surface area contributed by atoms with Crippen LogP contribution in [0.4, 0.5) is 5.82 Å². The van der Waals surface area contributed by atoms with Crippen LogP contribution in [0, 0.1) is 6.92 Å². The summed E-state index contributed by atoms with van der Waals surface area (Å²) in [5, 5.41) is 5.92. The molecule has 0 saturated heterocycles. The summed E-state index contributed by atoms with van der Waals surface area (Å²) >= 11 is 1.55. The van der Waals surface area contributed by atoms with Crippen LogP contribution in [0.25, 0.3) is 0 Å². The van der Waals surface area contributed by atoms with E-state index in [0.29, 0.717) is 11.5 Å². The molecule has 1 saturated carbocycles. The first-order valence-electron chi connectivity index (χ1n) is 7.80. The summed E-state index contributed by atoms with van der Waals surface area (Å²) < 4.78 is 0. The zero-order chi connectivity index (χ0) is 16.6. The van der Waals surface area contributed by atoms with Gasteiger partial charge in [-0.1, -0.05) is 6.92 Å². The lowest BCUT2D eigenvalue weighted by Crippen LogP contribution is -2.43. The number of aromatic nitrogens is 3. The maximum absolute atomic E-state index is 12.6. The van der Waals surface area contributed by atoms with E-state index in [1.807, 2.05) is 26.2 Å². The lowest BCUT2D eigenvalue weighted by Gasteiger charge is -2.27. The van der Waals surface area contributed by atoms with E-state index in [2.05, 4.69) is 20.3 Å². The van der Waals surface area contributed by atoms with Crippen molar-refractivity contribution in [2.24, 2.45) is 0 Å². The monoisotopic (exact) mass is 331 g/mol. The van der Waals surface area contributed by atoms with Crippen LogP contribution in [0.15, 0.2) is 11.6 Å². The fraction of sp³-hybridized carbons (Fsp3) is 0.500. The van der Waals surface area contributed by atoms with Crippen LogP contribution in [0.3, 0.4) is 0 Å². The molecule has 1 aliphatic rings. The Morgan fingerprint density at radius 1 is 1.48 bits per heavy atom. The molecule has 3 N–H and O–H groups in total. The van der Waals surface area contributed by atoms with Crippen LogP contribution < -0.4 is 11.1 Å². The topological polar surface area (TPSA) is 93.8 Å². The highest BCUT2D eigenvalue weighted by molar-refractivity contribution is 7.09. The zero-order valence-corrected chi connectivity index (χ0v) is 14.4. The fourth-order valence-corrected chi connectivity index (χ4v) is 3.33. The van der Waals surface area contributed by atoms with Crippen LogP contribution in [0.2, 0.25) is 0 Å². The molecule has 2 aromatic heterocycles. The molecule has 2 aromatic rings. The minimum absolute atomic E-state index is 0.244. The van der Waals surface area contributed by atoms with Crippen molar-refractivity contribution in [2.45, 2.75) is 51.5 Å². The van der Waals surface area contributed by atoms with Gasteiger partial charge in [-0.25, -0.2) is 15.0 Å². The zero-order valence-electron chi connectivity index (χ0n) is 13.6. The van der Waals surface area contributed by atoms with Crippen LogP contribution in [-0.2, 0) is 5.54 Å². The number of amides is 1. The van der Waals surface area contributed by atoms with Gasteiger partial charge >= 0.3 is 0 Å². The summed E-state index contributed by atoms with van der Waals surface area (Å²) in [6.45, 7) is 5.94. The van der Waals surface area contributed by atoms with Gasteiger partial charge in [0.2, 0.25) is 0 Å². The third-order valence-corrected chi connectivity index (χ3v) is 5.44. The van der Waals surface area contributed by atoms with Gasteiger partial charge in [-0.2, -0.15) is 0 Å². The molecule has 1 aliphatic carbocycles. The molecule has 7 heteroatoms. The molecule has 1 unspecified atom stereocenters. The van der Waals surface area contributed by atoms with Gasteiger partial charge in [-0.15, -0.1) is 11.3 Å². The Kier molecular flexibility index (Phi) is 4.06. The van der Waals surface area contributed by atoms with Crippen LogP contribution in [0.1, 0.15) is 65.9 Å². The maximum Gasteiger partial charge on any atom is 0.257 e. The molecule has 0 aromatic carbocycles. The Bertz CT molecular complexity index is 740. The molecule has 1 fully saturated rings. The van der Waals surface area contributed by atoms with Gasteiger partial charge in [0.25, 0.3) is 5.91 Å². The van der Waals surface area contributed by atoms with Gasteiger partial charge in [-0.3, -0.25) is 4.79 Å². The molecule has 122 valence electrons. The van der Waals surface area contributed by atoms with Crippen molar-refractivity contribution in [3.63, 3.8) is 0 Å².